The Morgan fingerprint density at radius 1 is 1.47 bits per heavy atom. The van der Waals surface area contributed by atoms with Crippen LogP contribution in [-0.4, -0.2) is 108 Å². The molecule has 0 spiro atoms. The Morgan fingerprint density at radius 3 is 2.77 bits per heavy atom. The van der Waals surface area contributed by atoms with E-state index in [2.05, 4.69) is 20.0 Å². The predicted molar refractivity (Wildman–Crippen MR) is 106 cm³/mol. The second-order valence-corrected chi connectivity index (χ2v) is 6.93. The summed E-state index contributed by atoms with van der Waals surface area (Å²) < 4.78 is 9.79. The molecule has 4 N–H and O–H groups in total. The molecule has 1 aromatic rings. The van der Waals surface area contributed by atoms with Gasteiger partial charge >= 0.3 is 49.8 Å². The van der Waals surface area contributed by atoms with Crippen LogP contribution in [0, 0.1) is 0 Å². The van der Waals surface area contributed by atoms with E-state index in [-0.39, 0.29) is 72.8 Å². The summed E-state index contributed by atoms with van der Waals surface area (Å²) in [7, 11) is 1.25. The minimum atomic E-state index is -1.35. The first-order valence-electron chi connectivity index (χ1n) is 8.13. The molecule has 2 aliphatic rings. The SMILES string of the molecule is CO/N=C(/C(=O)N[C@@H]1C(=O)N2C(C(=O)O)=C(COC(N)=O)CS[C@H]12)c1ccco1.[CaH2]. The number of fused-ring (bicyclic) bond motifs is 1. The fourth-order valence-electron chi connectivity index (χ4n) is 2.87. The maximum absolute atomic E-state index is 12.6. The first-order valence-corrected chi connectivity index (χ1v) is 9.18. The van der Waals surface area contributed by atoms with Crippen LogP contribution in [0.25, 0.3) is 0 Å². The molecule has 0 aliphatic carbocycles. The predicted octanol–water partition coefficient (Wildman–Crippen LogP) is -1.45. The molecule has 3 heterocycles. The quantitative estimate of drug-likeness (QED) is 0.188. The Labute approximate surface area is 203 Å². The summed E-state index contributed by atoms with van der Waals surface area (Å²) in [6.45, 7) is -0.347. The van der Waals surface area contributed by atoms with Gasteiger partial charge in [-0.15, -0.1) is 11.8 Å². The normalized spacial score (nSPS) is 20.5. The fraction of sp³-hybridized carbons (Fsp3) is 0.312. The van der Waals surface area contributed by atoms with Crippen molar-refractivity contribution in [2.75, 3.05) is 19.5 Å². The van der Waals surface area contributed by atoms with Gasteiger partial charge in [0, 0.05) is 11.3 Å². The van der Waals surface area contributed by atoms with Crippen LogP contribution in [0.1, 0.15) is 5.76 Å². The number of hydrogen-bond acceptors (Lipinski definition) is 9. The van der Waals surface area contributed by atoms with Crippen LogP contribution in [0.3, 0.4) is 0 Å². The molecule has 0 radical (unpaired) electrons. The number of amides is 3. The van der Waals surface area contributed by atoms with Gasteiger partial charge in [0.15, 0.2) is 5.76 Å². The molecule has 2 atom stereocenters. The Balaban J connectivity index is 0.00000320. The van der Waals surface area contributed by atoms with Crippen molar-refractivity contribution in [3.05, 3.63) is 35.4 Å². The Hall–Kier alpha value is -2.22. The van der Waals surface area contributed by atoms with Gasteiger partial charge in [-0.05, 0) is 12.1 Å². The van der Waals surface area contributed by atoms with Crippen LogP contribution in [0.15, 0.2) is 39.2 Å². The third-order valence-electron chi connectivity index (χ3n) is 4.08. The molecule has 0 unspecified atom stereocenters. The molecule has 1 saturated heterocycles. The molecular formula is C16H18CaN4O8S. The van der Waals surface area contributed by atoms with E-state index < -0.39 is 35.3 Å². The van der Waals surface area contributed by atoms with Gasteiger partial charge in [0.1, 0.15) is 30.8 Å². The second kappa shape index (κ2) is 10.2. The average Bonchev–Trinajstić information content (AvgIpc) is 3.21. The first-order chi connectivity index (χ1) is 13.8. The monoisotopic (exact) mass is 466 g/mol. The first kappa shape index (κ1) is 24.1. The average molecular weight is 466 g/mol. The molecule has 0 aromatic carbocycles. The molecule has 3 rings (SSSR count). The molecule has 30 heavy (non-hydrogen) atoms. The van der Waals surface area contributed by atoms with E-state index in [1.807, 2.05) is 0 Å². The minimum absolute atomic E-state index is 0. The number of aliphatic carboxylic acids is 1. The van der Waals surface area contributed by atoms with Crippen molar-refractivity contribution in [2.24, 2.45) is 10.9 Å². The molecule has 14 heteroatoms. The summed E-state index contributed by atoms with van der Waals surface area (Å²) in [6, 6.07) is 2.08. The topological polar surface area (TPSA) is 174 Å². The number of carboxylic acid groups (broad SMARTS) is 1. The molecule has 1 aromatic heterocycles. The van der Waals surface area contributed by atoms with E-state index in [0.717, 1.165) is 4.90 Å². The Bertz CT molecular complexity index is 916. The number of hydrogen-bond donors (Lipinski definition) is 3. The number of nitrogens with one attached hydrogen (secondary N) is 1. The van der Waals surface area contributed by atoms with Crippen LogP contribution >= 0.6 is 11.8 Å². The van der Waals surface area contributed by atoms with Crippen molar-refractivity contribution in [3.8, 4) is 0 Å². The third-order valence-corrected chi connectivity index (χ3v) is 5.42. The Morgan fingerprint density at radius 2 is 2.20 bits per heavy atom. The third kappa shape index (κ3) is 4.74. The van der Waals surface area contributed by atoms with Gasteiger partial charge in [-0.3, -0.25) is 14.5 Å². The fourth-order valence-corrected chi connectivity index (χ4v) is 4.19. The van der Waals surface area contributed by atoms with Crippen molar-refractivity contribution < 1.29 is 38.3 Å². The van der Waals surface area contributed by atoms with Crippen molar-refractivity contribution in [1.82, 2.24) is 10.2 Å². The second-order valence-electron chi connectivity index (χ2n) is 5.83. The molecule has 3 amide bonds. The zero-order valence-corrected chi connectivity index (χ0v) is 15.8. The summed E-state index contributed by atoms with van der Waals surface area (Å²) in [6.07, 6.45) is 0.290. The van der Waals surface area contributed by atoms with Gasteiger partial charge in [-0.1, -0.05) is 5.16 Å². The van der Waals surface area contributed by atoms with Crippen molar-refractivity contribution in [2.45, 2.75) is 11.4 Å². The number of carboxylic acids is 1. The number of β-lactam (4-membered cyclic amide) rings is 1. The number of furan rings is 1. The molecule has 0 saturated carbocycles. The van der Waals surface area contributed by atoms with E-state index in [0.29, 0.717) is 0 Å². The molecular weight excluding hydrogens is 448 g/mol. The zero-order valence-electron chi connectivity index (χ0n) is 15.0. The van der Waals surface area contributed by atoms with Crippen LogP contribution in [0.2, 0.25) is 0 Å². The number of nitrogens with two attached hydrogens (primary N) is 1. The summed E-state index contributed by atoms with van der Waals surface area (Å²) >= 11 is 1.21. The molecule has 2 aliphatic heterocycles. The van der Waals surface area contributed by atoms with E-state index in [1.54, 1.807) is 6.07 Å². The summed E-state index contributed by atoms with van der Waals surface area (Å²) in [5.74, 6) is -2.38. The van der Waals surface area contributed by atoms with Crippen molar-refractivity contribution in [3.63, 3.8) is 0 Å². The Kier molecular flexibility index (Phi) is 8.17. The number of carbonyl (C=O) groups is 4. The standard InChI is InChI=1S/C16H16N4O8S.Ca.2H/c1-26-19-9(8-3-2-4-27-8)12(21)18-10-13(22)20-11(15(23)24)7(5-28-16(17)25)6-29-14(10)20;;;/h2-4,10,14H,5-6H2,1H3,(H2,17,25)(H,18,21)(H,23,24);;;/b19-9+;;;/t10-,14-;;;/m1.../s1. The van der Waals surface area contributed by atoms with Gasteiger partial charge in [0.25, 0.3) is 11.8 Å². The van der Waals surface area contributed by atoms with Gasteiger partial charge in [0.2, 0.25) is 5.71 Å². The van der Waals surface area contributed by atoms with Crippen molar-refractivity contribution >= 4 is 79.1 Å². The van der Waals surface area contributed by atoms with Crippen LogP contribution < -0.4 is 11.1 Å². The number of ether oxygens (including phenoxy) is 1. The summed E-state index contributed by atoms with van der Waals surface area (Å²) in [5, 5.41) is 15.0. The molecule has 158 valence electrons. The number of oxime groups is 1. The number of primary amides is 1. The number of nitrogens with zero attached hydrogens (tertiary/aromatic N) is 2. The summed E-state index contributed by atoms with van der Waals surface area (Å²) in [5.41, 5.74) is 4.68. The van der Waals surface area contributed by atoms with Crippen molar-refractivity contribution in [1.29, 1.82) is 0 Å². The van der Waals surface area contributed by atoms with Crippen LogP contribution in [-0.2, 0) is 24.0 Å². The summed E-state index contributed by atoms with van der Waals surface area (Å²) in [4.78, 5) is 53.3. The van der Waals surface area contributed by atoms with E-state index in [9.17, 15) is 24.3 Å². The number of carbonyl (C=O) groups excluding carboxylic acids is 3. The van der Waals surface area contributed by atoms with Crippen LogP contribution in [0.4, 0.5) is 4.79 Å². The molecule has 12 nitrogen and oxygen atoms in total. The number of rotatable bonds is 7. The zero-order chi connectivity index (χ0) is 21.1. The van der Waals surface area contributed by atoms with Gasteiger partial charge in [-0.2, -0.15) is 0 Å². The van der Waals surface area contributed by atoms with E-state index in [1.165, 1.54) is 31.2 Å². The van der Waals surface area contributed by atoms with Gasteiger partial charge < -0.3 is 30.1 Å². The molecule has 1 fully saturated rings. The van der Waals surface area contributed by atoms with Gasteiger partial charge in [-0.25, -0.2) is 9.59 Å². The number of thioether (sulfide) groups is 1. The maximum atomic E-state index is 12.6. The molecule has 0 bridgehead atoms. The van der Waals surface area contributed by atoms with E-state index >= 15 is 0 Å². The van der Waals surface area contributed by atoms with E-state index in [4.69, 9.17) is 10.2 Å². The van der Waals surface area contributed by atoms with Crippen LogP contribution in [0.5, 0.6) is 0 Å². The van der Waals surface area contributed by atoms with Gasteiger partial charge in [0.05, 0.1) is 6.26 Å².